The molecule has 2 aromatic rings. The highest BCUT2D eigenvalue weighted by Gasteiger charge is 2.33. The van der Waals surface area contributed by atoms with Gasteiger partial charge >= 0.3 is 0 Å². The van der Waals surface area contributed by atoms with Crippen LogP contribution in [-0.2, 0) is 26.2 Å². The number of rotatable bonds is 13. The molecule has 0 saturated carbocycles. The molecule has 9 heteroatoms. The minimum Gasteiger partial charge on any atom is -0.492 e. The molecule has 0 aromatic heterocycles. The summed E-state index contributed by atoms with van der Waals surface area (Å²) in [4.78, 5) is 28.5. The largest absolute Gasteiger partial charge is 0.492 e. The summed E-state index contributed by atoms with van der Waals surface area (Å²) in [6.07, 6.45) is 2.19. The molecule has 8 nitrogen and oxygen atoms in total. The zero-order valence-corrected chi connectivity index (χ0v) is 23.0. The molecular weight excluding hydrogens is 478 g/mol. The molecule has 0 aliphatic carbocycles. The summed E-state index contributed by atoms with van der Waals surface area (Å²) in [5.41, 5.74) is 2.15. The van der Waals surface area contributed by atoms with Crippen molar-refractivity contribution in [3.8, 4) is 5.75 Å². The van der Waals surface area contributed by atoms with E-state index in [0.29, 0.717) is 18.8 Å². The second kappa shape index (κ2) is 13.3. The number of amides is 2. The number of anilines is 1. The number of aryl methyl sites for hydroxylation is 1. The van der Waals surface area contributed by atoms with E-state index < -0.39 is 28.5 Å². The summed E-state index contributed by atoms with van der Waals surface area (Å²) < 4.78 is 32.4. The number of benzene rings is 2. The average molecular weight is 518 g/mol. The fourth-order valence-corrected chi connectivity index (χ4v) is 4.72. The number of hydrogen-bond donors (Lipinski definition) is 1. The highest BCUT2D eigenvalue weighted by atomic mass is 32.2. The van der Waals surface area contributed by atoms with E-state index in [0.717, 1.165) is 28.1 Å². The van der Waals surface area contributed by atoms with Gasteiger partial charge in [-0.1, -0.05) is 50.2 Å². The van der Waals surface area contributed by atoms with E-state index in [-0.39, 0.29) is 24.2 Å². The molecule has 0 spiro atoms. The van der Waals surface area contributed by atoms with Crippen LogP contribution >= 0.6 is 0 Å². The van der Waals surface area contributed by atoms with Crippen LogP contribution in [0.5, 0.6) is 5.75 Å². The molecule has 0 aliphatic rings. The Hall–Kier alpha value is -3.07. The van der Waals surface area contributed by atoms with Crippen LogP contribution in [0.25, 0.3) is 0 Å². The van der Waals surface area contributed by atoms with Gasteiger partial charge in [-0.25, -0.2) is 8.42 Å². The van der Waals surface area contributed by atoms with Gasteiger partial charge in [-0.3, -0.25) is 13.9 Å². The zero-order valence-electron chi connectivity index (χ0n) is 22.2. The predicted octanol–water partition coefficient (Wildman–Crippen LogP) is 3.88. The molecule has 0 fully saturated rings. The van der Waals surface area contributed by atoms with Crippen molar-refractivity contribution >= 4 is 27.5 Å². The Labute approximate surface area is 215 Å². The van der Waals surface area contributed by atoms with Gasteiger partial charge in [-0.2, -0.15) is 0 Å². The van der Waals surface area contributed by atoms with Gasteiger partial charge in [0, 0.05) is 12.6 Å². The maximum Gasteiger partial charge on any atom is 0.244 e. The molecular formula is C27H39N3O5S. The van der Waals surface area contributed by atoms with Crippen LogP contribution in [0.1, 0.15) is 51.7 Å². The molecule has 0 saturated heterocycles. The zero-order chi connectivity index (χ0) is 26.9. The minimum atomic E-state index is -3.84. The Balaban J connectivity index is 2.50. The number of carbonyl (C=O) groups excluding carboxylic acids is 2. The Morgan fingerprint density at radius 3 is 2.22 bits per heavy atom. The van der Waals surface area contributed by atoms with Gasteiger partial charge in [0.15, 0.2) is 0 Å². The number of ether oxygens (including phenoxy) is 1. The Morgan fingerprint density at radius 1 is 1.00 bits per heavy atom. The van der Waals surface area contributed by atoms with E-state index in [1.54, 1.807) is 31.2 Å². The molecule has 0 bridgehead atoms. The van der Waals surface area contributed by atoms with Crippen molar-refractivity contribution in [2.24, 2.45) is 0 Å². The fraction of sp³-hybridized carbons (Fsp3) is 0.481. The standard InChI is InChI=1S/C27H39N3O5S/c1-7-21(5)28-27(32)23(8-2)29(18-22-15-11-10-14-20(22)4)26(31)19-30(36(6,33)34)24-16-12-13-17-25(24)35-9-3/h10-17,21,23H,7-9,18-19H2,1-6H3,(H,28,32). The monoisotopic (exact) mass is 517 g/mol. The van der Waals surface area contributed by atoms with Gasteiger partial charge in [-0.15, -0.1) is 0 Å². The van der Waals surface area contributed by atoms with Crippen molar-refractivity contribution < 1.29 is 22.7 Å². The van der Waals surface area contributed by atoms with Crippen LogP contribution in [-0.4, -0.2) is 56.6 Å². The second-order valence-electron chi connectivity index (χ2n) is 8.86. The van der Waals surface area contributed by atoms with Crippen LogP contribution in [0.15, 0.2) is 48.5 Å². The topological polar surface area (TPSA) is 96.0 Å². The van der Waals surface area contributed by atoms with Gasteiger partial charge in [0.1, 0.15) is 18.3 Å². The van der Waals surface area contributed by atoms with E-state index in [4.69, 9.17) is 4.74 Å². The van der Waals surface area contributed by atoms with Gasteiger partial charge < -0.3 is 15.0 Å². The summed E-state index contributed by atoms with van der Waals surface area (Å²) in [6, 6.07) is 13.6. The normalized spacial score (nSPS) is 12.9. The SMILES string of the molecule is CCOc1ccccc1N(CC(=O)N(Cc1ccccc1C)C(CC)C(=O)NC(C)CC)S(C)(=O)=O. The molecule has 2 atom stereocenters. The lowest BCUT2D eigenvalue weighted by Gasteiger charge is -2.34. The van der Waals surface area contributed by atoms with Crippen molar-refractivity contribution in [3.63, 3.8) is 0 Å². The van der Waals surface area contributed by atoms with E-state index in [9.17, 15) is 18.0 Å². The molecule has 2 rings (SSSR count). The first kappa shape index (κ1) is 29.2. The third-order valence-corrected chi connectivity index (χ3v) is 7.23. The number of para-hydroxylation sites is 2. The van der Waals surface area contributed by atoms with E-state index >= 15 is 0 Å². The first-order valence-electron chi connectivity index (χ1n) is 12.4. The lowest BCUT2D eigenvalue weighted by atomic mass is 10.1. The summed E-state index contributed by atoms with van der Waals surface area (Å²) >= 11 is 0. The molecule has 2 amide bonds. The molecule has 36 heavy (non-hydrogen) atoms. The van der Waals surface area contributed by atoms with Gasteiger partial charge in [0.25, 0.3) is 0 Å². The van der Waals surface area contributed by atoms with Crippen molar-refractivity contribution in [1.29, 1.82) is 0 Å². The minimum absolute atomic E-state index is 0.0486. The summed E-state index contributed by atoms with van der Waals surface area (Å²) in [7, 11) is -3.84. The molecule has 0 radical (unpaired) electrons. The maximum atomic E-state index is 13.8. The van der Waals surface area contributed by atoms with Gasteiger partial charge in [0.05, 0.1) is 18.6 Å². The predicted molar refractivity (Wildman–Crippen MR) is 144 cm³/mol. The van der Waals surface area contributed by atoms with Gasteiger partial charge in [-0.05, 0) is 56.9 Å². The smallest absolute Gasteiger partial charge is 0.244 e. The number of nitrogens with zero attached hydrogens (tertiary/aromatic N) is 2. The Morgan fingerprint density at radius 2 is 1.64 bits per heavy atom. The van der Waals surface area contributed by atoms with Crippen molar-refractivity contribution in [3.05, 3.63) is 59.7 Å². The third-order valence-electron chi connectivity index (χ3n) is 6.10. The van der Waals surface area contributed by atoms with Crippen molar-refractivity contribution in [1.82, 2.24) is 10.2 Å². The van der Waals surface area contributed by atoms with E-state index in [2.05, 4.69) is 5.32 Å². The summed E-state index contributed by atoms with van der Waals surface area (Å²) in [5.74, 6) is -0.360. The highest BCUT2D eigenvalue weighted by molar-refractivity contribution is 7.92. The summed E-state index contributed by atoms with van der Waals surface area (Å²) in [5, 5.41) is 2.97. The van der Waals surface area contributed by atoms with Crippen molar-refractivity contribution in [2.45, 2.75) is 66.1 Å². The number of carbonyl (C=O) groups is 2. The first-order valence-corrected chi connectivity index (χ1v) is 14.2. The van der Waals surface area contributed by atoms with Crippen LogP contribution < -0.4 is 14.4 Å². The first-order chi connectivity index (χ1) is 17.0. The molecule has 1 N–H and O–H groups in total. The third kappa shape index (κ3) is 7.71. The van der Waals surface area contributed by atoms with Crippen molar-refractivity contribution in [2.75, 3.05) is 23.7 Å². The highest BCUT2D eigenvalue weighted by Crippen LogP contribution is 2.30. The second-order valence-corrected chi connectivity index (χ2v) is 10.8. The quantitative estimate of drug-likeness (QED) is 0.435. The number of sulfonamides is 1. The Bertz CT molecular complexity index is 1140. The molecule has 0 heterocycles. The average Bonchev–Trinajstić information content (AvgIpc) is 2.83. The van der Waals surface area contributed by atoms with Crippen LogP contribution in [0, 0.1) is 6.92 Å². The van der Waals surface area contributed by atoms with E-state index in [1.165, 1.54) is 4.90 Å². The lowest BCUT2D eigenvalue weighted by molar-refractivity contribution is -0.140. The molecule has 0 aliphatic heterocycles. The lowest BCUT2D eigenvalue weighted by Crippen LogP contribution is -2.53. The summed E-state index contributed by atoms with van der Waals surface area (Å²) in [6.45, 7) is 9.55. The van der Waals surface area contributed by atoms with Gasteiger partial charge in [0.2, 0.25) is 21.8 Å². The number of nitrogens with one attached hydrogen (secondary N) is 1. The maximum absolute atomic E-state index is 13.8. The molecule has 198 valence electrons. The fourth-order valence-electron chi connectivity index (χ4n) is 3.87. The van der Waals surface area contributed by atoms with E-state index in [1.807, 2.05) is 52.0 Å². The van der Waals surface area contributed by atoms with Crippen LogP contribution in [0.3, 0.4) is 0 Å². The molecule has 2 unspecified atom stereocenters. The molecule has 2 aromatic carbocycles. The number of hydrogen-bond acceptors (Lipinski definition) is 5. The Kier molecular flexibility index (Phi) is 10.8. The van der Waals surface area contributed by atoms with Crippen LogP contribution in [0.2, 0.25) is 0 Å². The van der Waals surface area contributed by atoms with Crippen LogP contribution in [0.4, 0.5) is 5.69 Å².